The number of halogens is 2. The predicted molar refractivity (Wildman–Crippen MR) is 115 cm³/mol. The smallest absolute Gasteiger partial charge is 0.335 e. The van der Waals surface area contributed by atoms with E-state index < -0.39 is 23.7 Å². The van der Waals surface area contributed by atoms with Gasteiger partial charge in [-0.05, 0) is 64.8 Å². The third-order valence-electron chi connectivity index (χ3n) is 4.11. The van der Waals surface area contributed by atoms with Crippen molar-refractivity contribution in [2.45, 2.75) is 6.92 Å². The maximum atomic E-state index is 13.6. The highest BCUT2D eigenvalue weighted by Crippen LogP contribution is 2.37. The first-order valence-corrected chi connectivity index (χ1v) is 9.84. The van der Waals surface area contributed by atoms with Gasteiger partial charge >= 0.3 is 6.03 Å². The van der Waals surface area contributed by atoms with Gasteiger partial charge in [0.2, 0.25) is 0 Å². The third-order valence-corrected chi connectivity index (χ3v) is 4.70. The minimum atomic E-state index is -0.966. The van der Waals surface area contributed by atoms with E-state index in [0.717, 1.165) is 6.07 Å². The third kappa shape index (κ3) is 4.75. The largest absolute Gasteiger partial charge is 0.490 e. The maximum Gasteiger partial charge on any atom is 0.335 e. The van der Waals surface area contributed by atoms with Crippen LogP contribution in [0.15, 0.2) is 46.4 Å². The SMILES string of the molecule is C#CCOc1c(Br)cc(/C=C2\C(=O)NC(=O)N(c3cccc(F)c3)C2=O)cc1OCC. The Morgan fingerprint density at radius 1 is 1.23 bits per heavy atom. The number of carbonyl (C=O) groups is 3. The van der Waals surface area contributed by atoms with Crippen molar-refractivity contribution < 1.29 is 28.2 Å². The molecule has 4 amide bonds. The molecule has 0 radical (unpaired) electrons. The summed E-state index contributed by atoms with van der Waals surface area (Å²) in [6.07, 6.45) is 6.54. The zero-order chi connectivity index (χ0) is 22.5. The van der Waals surface area contributed by atoms with Crippen LogP contribution in [0.5, 0.6) is 11.5 Å². The second-order valence-electron chi connectivity index (χ2n) is 6.19. The first kappa shape index (κ1) is 22.1. The average Bonchev–Trinajstić information content (AvgIpc) is 2.71. The van der Waals surface area contributed by atoms with Gasteiger partial charge in [-0.3, -0.25) is 14.9 Å². The van der Waals surface area contributed by atoms with Crippen LogP contribution in [0.4, 0.5) is 14.9 Å². The lowest BCUT2D eigenvalue weighted by Gasteiger charge is -2.26. The lowest BCUT2D eigenvalue weighted by molar-refractivity contribution is -0.122. The van der Waals surface area contributed by atoms with Gasteiger partial charge in [0.05, 0.1) is 16.8 Å². The number of nitrogens with zero attached hydrogens (tertiary/aromatic N) is 1. The highest BCUT2D eigenvalue weighted by atomic mass is 79.9. The number of rotatable bonds is 6. The van der Waals surface area contributed by atoms with Crippen molar-refractivity contribution >= 4 is 45.5 Å². The molecule has 0 atom stereocenters. The highest BCUT2D eigenvalue weighted by Gasteiger charge is 2.37. The van der Waals surface area contributed by atoms with Gasteiger partial charge in [-0.15, -0.1) is 6.42 Å². The van der Waals surface area contributed by atoms with Crippen LogP contribution in [0.1, 0.15) is 12.5 Å². The predicted octanol–water partition coefficient (Wildman–Crippen LogP) is 3.67. The molecule has 0 saturated carbocycles. The van der Waals surface area contributed by atoms with Crippen LogP contribution in [0.3, 0.4) is 0 Å². The molecule has 0 aliphatic carbocycles. The van der Waals surface area contributed by atoms with Gasteiger partial charge < -0.3 is 9.47 Å². The first-order valence-electron chi connectivity index (χ1n) is 9.05. The summed E-state index contributed by atoms with van der Waals surface area (Å²) in [5.41, 5.74) is 0.112. The molecular weight excluding hydrogens is 471 g/mol. The van der Waals surface area contributed by atoms with E-state index in [1.165, 1.54) is 24.3 Å². The number of imide groups is 2. The van der Waals surface area contributed by atoms with Crippen LogP contribution in [-0.4, -0.2) is 31.1 Å². The van der Waals surface area contributed by atoms with Gasteiger partial charge in [-0.1, -0.05) is 12.0 Å². The Kier molecular flexibility index (Phi) is 6.72. The summed E-state index contributed by atoms with van der Waals surface area (Å²) in [5, 5.41) is 2.09. The van der Waals surface area contributed by atoms with Crippen LogP contribution >= 0.6 is 15.9 Å². The van der Waals surface area contributed by atoms with Gasteiger partial charge in [0.25, 0.3) is 11.8 Å². The van der Waals surface area contributed by atoms with E-state index in [4.69, 9.17) is 15.9 Å². The molecule has 1 N–H and O–H groups in total. The molecule has 0 spiro atoms. The zero-order valence-corrected chi connectivity index (χ0v) is 17.9. The summed E-state index contributed by atoms with van der Waals surface area (Å²) in [6.45, 7) is 2.13. The lowest BCUT2D eigenvalue weighted by Crippen LogP contribution is -2.54. The summed E-state index contributed by atoms with van der Waals surface area (Å²) in [4.78, 5) is 38.2. The maximum absolute atomic E-state index is 13.6. The normalized spacial score (nSPS) is 15.0. The molecule has 7 nitrogen and oxygen atoms in total. The molecule has 1 heterocycles. The number of amides is 4. The first-order chi connectivity index (χ1) is 14.8. The number of terminal acetylenes is 1. The van der Waals surface area contributed by atoms with Crippen molar-refractivity contribution in [1.82, 2.24) is 5.32 Å². The quantitative estimate of drug-likeness (QED) is 0.382. The summed E-state index contributed by atoms with van der Waals surface area (Å²) >= 11 is 3.36. The van der Waals surface area contributed by atoms with Gasteiger partial charge in [0.15, 0.2) is 11.5 Å². The summed E-state index contributed by atoms with van der Waals surface area (Å²) in [6, 6.07) is 7.13. The molecule has 1 aliphatic rings. The molecule has 158 valence electrons. The van der Waals surface area contributed by atoms with E-state index in [2.05, 4.69) is 27.2 Å². The van der Waals surface area contributed by atoms with Crippen LogP contribution < -0.4 is 19.7 Å². The molecule has 0 unspecified atom stereocenters. The fraction of sp³-hybridized carbons (Fsp3) is 0.136. The van der Waals surface area contributed by atoms with E-state index in [1.54, 1.807) is 19.1 Å². The average molecular weight is 487 g/mol. The number of hydrogen-bond donors (Lipinski definition) is 1. The monoisotopic (exact) mass is 486 g/mol. The molecule has 31 heavy (non-hydrogen) atoms. The second kappa shape index (κ2) is 9.45. The van der Waals surface area contributed by atoms with Crippen LogP contribution in [0.2, 0.25) is 0 Å². The number of barbiturate groups is 1. The van der Waals surface area contributed by atoms with Crippen molar-refractivity contribution in [2.24, 2.45) is 0 Å². The number of urea groups is 1. The van der Waals surface area contributed by atoms with Crippen LogP contribution in [0.25, 0.3) is 6.08 Å². The van der Waals surface area contributed by atoms with Gasteiger partial charge in [-0.2, -0.15) is 0 Å². The molecule has 0 bridgehead atoms. The fourth-order valence-electron chi connectivity index (χ4n) is 2.86. The van der Waals surface area contributed by atoms with E-state index >= 15 is 0 Å². The number of anilines is 1. The Morgan fingerprint density at radius 2 is 2.00 bits per heavy atom. The standard InChI is InChI=1S/C22H16BrFN2O5/c1-3-8-31-19-17(23)10-13(11-18(19)30-4-2)9-16-20(27)25-22(29)26(21(16)28)15-7-5-6-14(24)12-15/h1,5-7,9-12H,4,8H2,2H3,(H,25,27,29)/b16-9+. The van der Waals surface area contributed by atoms with Crippen molar-refractivity contribution in [2.75, 3.05) is 18.1 Å². The molecular formula is C22H16BrFN2O5. The minimum absolute atomic E-state index is 0.00452. The Bertz CT molecular complexity index is 1140. The fourth-order valence-corrected chi connectivity index (χ4v) is 3.44. The topological polar surface area (TPSA) is 84.9 Å². The molecule has 1 saturated heterocycles. The Balaban J connectivity index is 2.03. The van der Waals surface area contributed by atoms with Crippen molar-refractivity contribution in [3.05, 3.63) is 57.8 Å². The zero-order valence-electron chi connectivity index (χ0n) is 16.3. The molecule has 1 aliphatic heterocycles. The van der Waals surface area contributed by atoms with Crippen molar-refractivity contribution in [1.29, 1.82) is 0 Å². The van der Waals surface area contributed by atoms with Gasteiger partial charge in [0, 0.05) is 0 Å². The lowest BCUT2D eigenvalue weighted by atomic mass is 10.1. The van der Waals surface area contributed by atoms with E-state index in [1.807, 2.05) is 0 Å². The number of ether oxygens (including phenoxy) is 2. The molecule has 1 fully saturated rings. The molecule has 9 heteroatoms. The van der Waals surface area contributed by atoms with Crippen molar-refractivity contribution in [3.8, 4) is 23.8 Å². The number of carbonyl (C=O) groups excluding carboxylic acids is 3. The summed E-state index contributed by atoms with van der Waals surface area (Å²) in [5.74, 6) is 0.692. The number of hydrogen-bond acceptors (Lipinski definition) is 5. The summed E-state index contributed by atoms with van der Waals surface area (Å²) < 4.78 is 25.1. The highest BCUT2D eigenvalue weighted by molar-refractivity contribution is 9.10. The van der Waals surface area contributed by atoms with Crippen LogP contribution in [-0.2, 0) is 9.59 Å². The molecule has 2 aromatic rings. The molecule has 2 aromatic carbocycles. The minimum Gasteiger partial charge on any atom is -0.490 e. The molecule has 0 aromatic heterocycles. The molecule has 3 rings (SSSR count). The van der Waals surface area contributed by atoms with E-state index in [-0.39, 0.29) is 17.9 Å². The number of nitrogens with one attached hydrogen (secondary N) is 1. The summed E-state index contributed by atoms with van der Waals surface area (Å²) in [7, 11) is 0. The Labute approximate surface area is 185 Å². The van der Waals surface area contributed by atoms with E-state index in [0.29, 0.717) is 33.0 Å². The van der Waals surface area contributed by atoms with E-state index in [9.17, 15) is 18.8 Å². The van der Waals surface area contributed by atoms with Gasteiger partial charge in [-0.25, -0.2) is 14.1 Å². The second-order valence-corrected chi connectivity index (χ2v) is 7.05. The number of benzene rings is 2. The van der Waals surface area contributed by atoms with Crippen molar-refractivity contribution in [3.63, 3.8) is 0 Å². The van der Waals surface area contributed by atoms with Gasteiger partial charge in [0.1, 0.15) is 18.0 Å². The van der Waals surface area contributed by atoms with Crippen LogP contribution in [0, 0.1) is 18.2 Å². The Morgan fingerprint density at radius 3 is 2.68 bits per heavy atom. The Hall–Kier alpha value is -3.64.